The summed E-state index contributed by atoms with van der Waals surface area (Å²) in [5.74, 6) is -0.0942. The summed E-state index contributed by atoms with van der Waals surface area (Å²) in [6.07, 6.45) is 15.2. The fraction of sp³-hybridized carbons (Fsp3) is 0.520. The number of aryl methyl sites for hydroxylation is 1. The Morgan fingerprint density at radius 1 is 0.844 bits per heavy atom. The van der Waals surface area contributed by atoms with Crippen molar-refractivity contribution in [2.24, 2.45) is 0 Å². The van der Waals surface area contributed by atoms with Gasteiger partial charge in [-0.05, 0) is 42.7 Å². The number of ether oxygens (including phenoxy) is 1. The summed E-state index contributed by atoms with van der Waals surface area (Å²) in [6, 6.07) is 10.8. The van der Waals surface area contributed by atoms with Crippen molar-refractivity contribution in [1.29, 1.82) is 0 Å². The van der Waals surface area contributed by atoms with Crippen molar-refractivity contribution in [3.8, 4) is 17.2 Å². The SMILES string of the molecule is CCCCCCCCCCCCCc1cccc(Oc2ccc([O-])cc2S(=O)(=O)O)c1.[K+]. The van der Waals surface area contributed by atoms with Crippen LogP contribution in [-0.4, -0.2) is 13.0 Å². The maximum atomic E-state index is 11.5. The van der Waals surface area contributed by atoms with E-state index in [2.05, 4.69) is 6.92 Å². The van der Waals surface area contributed by atoms with Gasteiger partial charge in [-0.1, -0.05) is 89.3 Å². The summed E-state index contributed by atoms with van der Waals surface area (Å²) in [6.45, 7) is 2.25. The summed E-state index contributed by atoms with van der Waals surface area (Å²) in [5, 5.41) is 11.4. The Morgan fingerprint density at radius 3 is 2.03 bits per heavy atom. The average molecular weight is 487 g/mol. The summed E-state index contributed by atoms with van der Waals surface area (Å²) >= 11 is 0. The van der Waals surface area contributed by atoms with Crippen LogP contribution in [0.3, 0.4) is 0 Å². The van der Waals surface area contributed by atoms with E-state index in [-0.39, 0.29) is 57.1 Å². The zero-order chi connectivity index (χ0) is 22.5. The summed E-state index contributed by atoms with van der Waals surface area (Å²) in [7, 11) is -4.54. The third-order valence-corrected chi connectivity index (χ3v) is 6.26. The number of rotatable bonds is 15. The molecule has 0 aliphatic heterocycles. The molecule has 5 nitrogen and oxygen atoms in total. The molecule has 1 N–H and O–H groups in total. The van der Waals surface area contributed by atoms with Gasteiger partial charge < -0.3 is 9.84 Å². The normalized spacial score (nSPS) is 11.2. The van der Waals surface area contributed by atoms with Gasteiger partial charge in [-0.25, -0.2) is 0 Å². The van der Waals surface area contributed by atoms with Crippen LogP contribution in [0.1, 0.15) is 83.1 Å². The first kappa shape index (κ1) is 29.6. The minimum atomic E-state index is -4.54. The molecule has 0 saturated carbocycles. The molecule has 0 amide bonds. The largest absolute Gasteiger partial charge is 1.00 e. The van der Waals surface area contributed by atoms with Crippen LogP contribution >= 0.6 is 0 Å². The minimum Gasteiger partial charge on any atom is -0.872 e. The number of unbranched alkanes of at least 4 members (excludes halogenated alkanes) is 10. The molecule has 2 aromatic rings. The molecule has 0 aromatic heterocycles. The van der Waals surface area contributed by atoms with Crippen LogP contribution in [0.15, 0.2) is 47.4 Å². The van der Waals surface area contributed by atoms with Crippen LogP contribution < -0.4 is 61.2 Å². The van der Waals surface area contributed by atoms with Gasteiger partial charge in [0.2, 0.25) is 0 Å². The maximum absolute atomic E-state index is 11.5. The summed E-state index contributed by atoms with van der Waals surface area (Å²) in [4.78, 5) is -0.518. The Balaban J connectivity index is 0.00000512. The first-order valence-corrected chi connectivity index (χ1v) is 12.9. The van der Waals surface area contributed by atoms with Gasteiger partial charge in [-0.2, -0.15) is 8.42 Å². The van der Waals surface area contributed by atoms with Crippen molar-refractivity contribution in [2.75, 3.05) is 0 Å². The van der Waals surface area contributed by atoms with Crippen molar-refractivity contribution >= 4 is 10.1 Å². The molecule has 0 bridgehead atoms. The Morgan fingerprint density at radius 2 is 1.44 bits per heavy atom. The monoisotopic (exact) mass is 486 g/mol. The Bertz CT molecular complexity index is 899. The predicted molar refractivity (Wildman–Crippen MR) is 122 cm³/mol. The van der Waals surface area contributed by atoms with Gasteiger partial charge in [-0.3, -0.25) is 4.55 Å². The van der Waals surface area contributed by atoms with Gasteiger partial charge in [0, 0.05) is 0 Å². The predicted octanol–water partition coefficient (Wildman–Crippen LogP) is 3.66. The van der Waals surface area contributed by atoms with Crippen LogP contribution in [0, 0.1) is 0 Å². The van der Waals surface area contributed by atoms with E-state index in [0.29, 0.717) is 5.75 Å². The number of hydrogen-bond donors (Lipinski definition) is 1. The van der Waals surface area contributed by atoms with Gasteiger partial charge >= 0.3 is 51.4 Å². The minimum absolute atomic E-state index is 0. The molecule has 172 valence electrons. The molecule has 32 heavy (non-hydrogen) atoms. The molecule has 0 aliphatic carbocycles. The van der Waals surface area contributed by atoms with Crippen LogP contribution in [-0.2, 0) is 16.5 Å². The topological polar surface area (TPSA) is 86.7 Å². The summed E-state index contributed by atoms with van der Waals surface area (Å²) in [5.41, 5.74) is 1.11. The van der Waals surface area contributed by atoms with E-state index < -0.39 is 20.8 Å². The summed E-state index contributed by atoms with van der Waals surface area (Å²) < 4.78 is 38.1. The van der Waals surface area contributed by atoms with E-state index in [1.807, 2.05) is 18.2 Å². The first-order valence-electron chi connectivity index (χ1n) is 11.5. The second-order valence-corrected chi connectivity index (χ2v) is 9.51. The van der Waals surface area contributed by atoms with Gasteiger partial charge in [0.25, 0.3) is 10.1 Å². The van der Waals surface area contributed by atoms with Crippen LogP contribution in [0.25, 0.3) is 0 Å². The third kappa shape index (κ3) is 11.6. The smallest absolute Gasteiger partial charge is 0.872 e. The zero-order valence-electron chi connectivity index (χ0n) is 19.5. The molecule has 0 aliphatic rings. The van der Waals surface area contributed by atoms with Gasteiger partial charge in [0.1, 0.15) is 16.4 Å². The molecule has 0 fully saturated rings. The van der Waals surface area contributed by atoms with E-state index in [1.165, 1.54) is 76.3 Å². The van der Waals surface area contributed by atoms with Crippen molar-refractivity contribution in [3.63, 3.8) is 0 Å². The molecule has 2 aromatic carbocycles. The van der Waals surface area contributed by atoms with E-state index in [4.69, 9.17) is 4.74 Å². The maximum Gasteiger partial charge on any atom is 1.00 e. The Labute approximate surface area is 236 Å². The third-order valence-electron chi connectivity index (χ3n) is 5.39. The van der Waals surface area contributed by atoms with Gasteiger partial charge in [-0.15, -0.1) is 5.75 Å². The number of hydrogen-bond acceptors (Lipinski definition) is 4. The van der Waals surface area contributed by atoms with E-state index >= 15 is 0 Å². The Hall–Kier alpha value is -0.414. The molecule has 0 unspecified atom stereocenters. The van der Waals surface area contributed by atoms with E-state index in [0.717, 1.165) is 24.5 Å². The zero-order valence-corrected chi connectivity index (χ0v) is 23.5. The quantitative estimate of drug-likeness (QED) is 0.236. The molecule has 7 heteroatoms. The van der Waals surface area contributed by atoms with E-state index in [1.54, 1.807) is 6.07 Å². The average Bonchev–Trinajstić information content (AvgIpc) is 2.73. The molecular formula is C25H35KO5S. The Kier molecular flexibility index (Phi) is 15.0. The molecule has 0 atom stereocenters. The second-order valence-electron chi connectivity index (χ2n) is 8.12. The van der Waals surface area contributed by atoms with Crippen molar-refractivity contribution in [3.05, 3.63) is 48.0 Å². The molecule has 0 saturated heterocycles. The molecule has 0 heterocycles. The van der Waals surface area contributed by atoms with Gasteiger partial charge in [0.05, 0.1) is 0 Å². The fourth-order valence-corrected chi connectivity index (χ4v) is 4.29. The van der Waals surface area contributed by atoms with Crippen LogP contribution in [0.4, 0.5) is 0 Å². The molecular weight excluding hydrogens is 451 g/mol. The van der Waals surface area contributed by atoms with Crippen molar-refractivity contribution in [2.45, 2.75) is 88.9 Å². The van der Waals surface area contributed by atoms with Crippen LogP contribution in [0.5, 0.6) is 17.2 Å². The van der Waals surface area contributed by atoms with Gasteiger partial charge in [0.15, 0.2) is 0 Å². The molecule has 0 radical (unpaired) electrons. The number of benzene rings is 2. The van der Waals surface area contributed by atoms with Crippen LogP contribution in [0.2, 0.25) is 0 Å². The van der Waals surface area contributed by atoms with Crippen molar-refractivity contribution < 1.29 is 74.2 Å². The molecule has 2 rings (SSSR count). The fourth-order valence-electron chi connectivity index (χ4n) is 3.66. The molecule has 0 spiro atoms. The van der Waals surface area contributed by atoms with E-state index in [9.17, 15) is 18.1 Å². The van der Waals surface area contributed by atoms with Crippen molar-refractivity contribution in [1.82, 2.24) is 0 Å². The standard InChI is InChI=1S/C25H36O5S.K/c1-2-3-4-5-6-7-8-9-10-11-12-14-21-15-13-16-23(19-21)30-24-18-17-22(26)20-25(24)31(27,28)29;/h13,15-20,26H,2-12,14H2,1H3,(H,27,28,29);/q;+1/p-1. The first-order chi connectivity index (χ1) is 14.9. The second kappa shape index (κ2) is 16.3.